The number of carbonyl (C=O) groups is 1. The predicted molar refractivity (Wildman–Crippen MR) is 75.5 cm³/mol. The number of hydrogen-bond donors (Lipinski definition) is 1. The highest BCUT2D eigenvalue weighted by atomic mass is 16.1. The number of hydrogen-bond acceptors (Lipinski definition) is 3. The molecule has 0 aromatic rings. The zero-order valence-electron chi connectivity index (χ0n) is 12.6. The molecule has 0 radical (unpaired) electrons. The Morgan fingerprint density at radius 3 is 2.11 bits per heavy atom. The summed E-state index contributed by atoms with van der Waals surface area (Å²) in [6.45, 7) is 13.7. The Morgan fingerprint density at radius 2 is 1.67 bits per heavy atom. The highest BCUT2D eigenvalue weighted by Crippen LogP contribution is 2.08. The molecule has 1 aliphatic rings. The highest BCUT2D eigenvalue weighted by molar-refractivity contribution is 5.78. The van der Waals surface area contributed by atoms with Crippen LogP contribution in [-0.4, -0.2) is 61.5 Å². The average molecular weight is 255 g/mol. The van der Waals surface area contributed by atoms with Crippen molar-refractivity contribution < 1.29 is 4.79 Å². The van der Waals surface area contributed by atoms with E-state index in [9.17, 15) is 4.79 Å². The molecule has 1 amide bonds. The molecule has 0 aromatic carbocycles. The highest BCUT2D eigenvalue weighted by Gasteiger charge is 2.22. The Kier molecular flexibility index (Phi) is 6.09. The van der Waals surface area contributed by atoms with E-state index in [1.807, 2.05) is 13.8 Å². The Morgan fingerprint density at radius 1 is 1.11 bits per heavy atom. The van der Waals surface area contributed by atoms with Crippen molar-refractivity contribution in [1.29, 1.82) is 0 Å². The van der Waals surface area contributed by atoms with Crippen LogP contribution in [0.4, 0.5) is 0 Å². The number of rotatable bonds is 5. The normalized spacial score (nSPS) is 20.4. The molecule has 0 aromatic heterocycles. The van der Waals surface area contributed by atoms with E-state index in [2.05, 4.69) is 36.0 Å². The van der Waals surface area contributed by atoms with Gasteiger partial charge >= 0.3 is 0 Å². The van der Waals surface area contributed by atoms with E-state index < -0.39 is 0 Å². The monoisotopic (exact) mass is 255 g/mol. The first-order chi connectivity index (χ1) is 8.40. The van der Waals surface area contributed by atoms with Gasteiger partial charge in [-0.15, -0.1) is 0 Å². The van der Waals surface area contributed by atoms with Gasteiger partial charge in [0.25, 0.3) is 0 Å². The second-order valence-electron chi connectivity index (χ2n) is 6.12. The zero-order chi connectivity index (χ0) is 13.7. The summed E-state index contributed by atoms with van der Waals surface area (Å²) < 4.78 is 0. The van der Waals surface area contributed by atoms with E-state index in [-0.39, 0.29) is 17.9 Å². The molecule has 4 nitrogen and oxygen atoms in total. The molecule has 0 spiro atoms. The zero-order valence-corrected chi connectivity index (χ0v) is 12.6. The summed E-state index contributed by atoms with van der Waals surface area (Å²) in [4.78, 5) is 16.6. The number of piperazine rings is 1. The van der Waals surface area contributed by atoms with E-state index in [0.717, 1.165) is 32.7 Å². The average Bonchev–Trinajstić information content (AvgIpc) is 2.30. The van der Waals surface area contributed by atoms with Gasteiger partial charge in [-0.05, 0) is 13.0 Å². The van der Waals surface area contributed by atoms with Crippen LogP contribution in [0.1, 0.15) is 27.7 Å². The molecule has 0 bridgehead atoms. The van der Waals surface area contributed by atoms with E-state index in [1.165, 1.54) is 0 Å². The molecule has 1 atom stereocenters. The Bertz CT molecular complexity index is 258. The van der Waals surface area contributed by atoms with Crippen molar-refractivity contribution in [3.63, 3.8) is 0 Å². The second kappa shape index (κ2) is 7.10. The third kappa shape index (κ3) is 4.94. The van der Waals surface area contributed by atoms with Crippen LogP contribution in [0.3, 0.4) is 0 Å². The third-order valence-electron chi connectivity index (χ3n) is 3.71. The van der Waals surface area contributed by atoms with Gasteiger partial charge in [-0.3, -0.25) is 9.69 Å². The summed E-state index contributed by atoms with van der Waals surface area (Å²) in [5.74, 6) is 0.717. The molecule has 4 heteroatoms. The van der Waals surface area contributed by atoms with Crippen molar-refractivity contribution >= 4 is 5.91 Å². The topological polar surface area (TPSA) is 35.6 Å². The number of amides is 1. The van der Waals surface area contributed by atoms with Crippen molar-refractivity contribution in [3.8, 4) is 0 Å². The Balaban J connectivity index is 2.45. The van der Waals surface area contributed by atoms with Crippen LogP contribution in [0.2, 0.25) is 0 Å². The molecular formula is C14H29N3O. The first kappa shape index (κ1) is 15.4. The molecule has 1 fully saturated rings. The number of nitrogens with one attached hydrogen (secondary N) is 1. The molecule has 1 aliphatic heterocycles. The van der Waals surface area contributed by atoms with Crippen molar-refractivity contribution in [2.24, 2.45) is 11.8 Å². The van der Waals surface area contributed by atoms with E-state index >= 15 is 0 Å². The number of likely N-dealkylation sites (N-methyl/N-ethyl adjacent to an activating group) is 1. The molecule has 0 saturated carbocycles. The summed E-state index contributed by atoms with van der Waals surface area (Å²) in [5.41, 5.74) is 0. The van der Waals surface area contributed by atoms with E-state index in [1.54, 1.807) is 0 Å². The minimum Gasteiger partial charge on any atom is -0.352 e. The summed E-state index contributed by atoms with van der Waals surface area (Å²) in [7, 11) is 2.16. The lowest BCUT2D eigenvalue weighted by atomic mass is 10.0. The van der Waals surface area contributed by atoms with Crippen molar-refractivity contribution in [2.45, 2.75) is 33.7 Å². The van der Waals surface area contributed by atoms with E-state index in [0.29, 0.717) is 5.92 Å². The van der Waals surface area contributed by atoms with Gasteiger partial charge in [-0.1, -0.05) is 27.7 Å². The number of nitrogens with zero attached hydrogens (tertiary/aromatic N) is 2. The molecule has 1 N–H and O–H groups in total. The van der Waals surface area contributed by atoms with Crippen LogP contribution in [0.15, 0.2) is 0 Å². The maximum absolute atomic E-state index is 11.8. The summed E-state index contributed by atoms with van der Waals surface area (Å²) in [5, 5.41) is 3.18. The lowest BCUT2D eigenvalue weighted by Crippen LogP contribution is -2.52. The van der Waals surface area contributed by atoms with Crippen molar-refractivity contribution in [1.82, 2.24) is 15.1 Å². The Labute approximate surface area is 112 Å². The largest absolute Gasteiger partial charge is 0.352 e. The molecule has 1 heterocycles. The summed E-state index contributed by atoms with van der Waals surface area (Å²) >= 11 is 0. The van der Waals surface area contributed by atoms with Crippen molar-refractivity contribution in [2.75, 3.05) is 39.8 Å². The lowest BCUT2D eigenvalue weighted by molar-refractivity contribution is -0.125. The van der Waals surface area contributed by atoms with Crippen LogP contribution in [0.5, 0.6) is 0 Å². The molecule has 106 valence electrons. The summed E-state index contributed by atoms with van der Waals surface area (Å²) in [6.07, 6.45) is 0. The van der Waals surface area contributed by atoms with Crippen LogP contribution in [0.25, 0.3) is 0 Å². The van der Waals surface area contributed by atoms with Gasteiger partial charge in [-0.2, -0.15) is 0 Å². The first-order valence-corrected chi connectivity index (χ1v) is 7.11. The van der Waals surface area contributed by atoms with Crippen LogP contribution >= 0.6 is 0 Å². The molecule has 1 rings (SSSR count). The van der Waals surface area contributed by atoms with Crippen LogP contribution in [-0.2, 0) is 4.79 Å². The van der Waals surface area contributed by atoms with Gasteiger partial charge in [0.05, 0.1) is 0 Å². The van der Waals surface area contributed by atoms with Gasteiger partial charge in [0.1, 0.15) is 0 Å². The smallest absolute Gasteiger partial charge is 0.222 e. The molecule has 18 heavy (non-hydrogen) atoms. The maximum atomic E-state index is 11.8. The predicted octanol–water partition coefficient (Wildman–Crippen LogP) is 1.03. The molecule has 0 unspecified atom stereocenters. The standard InChI is InChI=1S/C14H29N3O/c1-11(2)13(15-14(18)12(3)4)10-17-8-6-16(5)7-9-17/h11-13H,6-10H2,1-5H3,(H,15,18)/t13-/m1/s1. The Hall–Kier alpha value is -0.610. The van der Waals surface area contributed by atoms with Gasteiger partial charge in [0, 0.05) is 44.7 Å². The molecular weight excluding hydrogens is 226 g/mol. The summed E-state index contributed by atoms with van der Waals surface area (Å²) in [6, 6.07) is 0.267. The van der Waals surface area contributed by atoms with Gasteiger partial charge < -0.3 is 10.2 Å². The minimum atomic E-state index is 0.0683. The van der Waals surface area contributed by atoms with Crippen molar-refractivity contribution in [3.05, 3.63) is 0 Å². The van der Waals surface area contributed by atoms with Gasteiger partial charge in [-0.25, -0.2) is 0 Å². The van der Waals surface area contributed by atoms with Gasteiger partial charge in [0.2, 0.25) is 5.91 Å². The van der Waals surface area contributed by atoms with E-state index in [4.69, 9.17) is 0 Å². The first-order valence-electron chi connectivity index (χ1n) is 7.11. The molecule has 0 aliphatic carbocycles. The van der Waals surface area contributed by atoms with Crippen LogP contribution in [0, 0.1) is 11.8 Å². The van der Waals surface area contributed by atoms with Gasteiger partial charge in [0.15, 0.2) is 0 Å². The minimum absolute atomic E-state index is 0.0683. The van der Waals surface area contributed by atoms with Crippen LogP contribution < -0.4 is 5.32 Å². The fraction of sp³-hybridized carbons (Fsp3) is 0.929. The third-order valence-corrected chi connectivity index (χ3v) is 3.71. The second-order valence-corrected chi connectivity index (χ2v) is 6.12. The lowest BCUT2D eigenvalue weighted by Gasteiger charge is -2.36. The SMILES string of the molecule is CC(C)C(=O)N[C@H](CN1CCN(C)CC1)C(C)C. The quantitative estimate of drug-likeness (QED) is 0.797. The maximum Gasteiger partial charge on any atom is 0.222 e. The molecule has 1 saturated heterocycles. The fourth-order valence-corrected chi connectivity index (χ4v) is 2.08. The number of carbonyl (C=O) groups excluding carboxylic acids is 1. The fourth-order valence-electron chi connectivity index (χ4n) is 2.08.